The normalized spacial score (nSPS) is 23.2. The predicted octanol–water partition coefficient (Wildman–Crippen LogP) is 13.8. The molecule has 2 saturated carbocycles. The van der Waals surface area contributed by atoms with Crippen LogP contribution in [-0.2, 0) is 33.1 Å². The number of likely N-dealkylation sites (tertiary alicyclic amines) is 2. The number of amides is 2. The van der Waals surface area contributed by atoms with Gasteiger partial charge in [0.2, 0.25) is 5.88 Å². The number of hydrogen-bond donors (Lipinski definition) is 0. The Morgan fingerprint density at radius 3 is 1.56 bits per heavy atom. The van der Waals surface area contributed by atoms with Crippen molar-refractivity contribution in [1.82, 2.24) is 29.6 Å². The molecule has 2 aromatic carbocycles. The van der Waals surface area contributed by atoms with Crippen molar-refractivity contribution in [3.63, 3.8) is 0 Å². The van der Waals surface area contributed by atoms with Crippen molar-refractivity contribution in [2.45, 2.75) is 207 Å². The summed E-state index contributed by atoms with van der Waals surface area (Å²) in [7, 11) is -6.16. The first kappa shape index (κ1) is 63.7. The van der Waals surface area contributed by atoms with E-state index >= 15 is 0 Å². The highest BCUT2D eigenvalue weighted by Gasteiger charge is 2.52. The van der Waals surface area contributed by atoms with E-state index in [1.165, 1.54) is 97.0 Å². The molecule has 5 fully saturated rings. The van der Waals surface area contributed by atoms with Crippen LogP contribution in [0.1, 0.15) is 182 Å². The number of fused-ring (bicyclic) bond motifs is 2. The average Bonchev–Trinajstić information content (AvgIpc) is 4.38. The molecule has 0 radical (unpaired) electrons. The van der Waals surface area contributed by atoms with Crippen LogP contribution in [-0.4, -0.2) is 137 Å². The van der Waals surface area contributed by atoms with Gasteiger partial charge in [-0.05, 0) is 207 Å². The molecule has 15 nitrogen and oxygen atoms in total. The van der Waals surface area contributed by atoms with Crippen LogP contribution in [0.25, 0.3) is 26.1 Å². The number of allylic oxidation sites excluding steroid dienone is 2. The van der Waals surface area contributed by atoms with Gasteiger partial charge in [0.05, 0.1) is 47.3 Å². The minimum Gasteiger partial charge on any atom is -0.443 e. The van der Waals surface area contributed by atoms with Gasteiger partial charge in [0, 0.05) is 42.6 Å². The topological polar surface area (TPSA) is 153 Å². The van der Waals surface area contributed by atoms with Gasteiger partial charge in [-0.25, -0.2) is 24.5 Å². The lowest BCUT2D eigenvalue weighted by Crippen LogP contribution is -2.42. The van der Waals surface area contributed by atoms with Gasteiger partial charge in [-0.3, -0.25) is 4.90 Å². The standard InChI is InChI=1S/C26H35N3O2S.C21H29BN2O2S.C12H18F3NO5S.CH4/c1-17-5-9-22(29(16-17)25(30)31-26(2,3)4)19-6-10-23-21(15-19)27-24(32-23)18-11-13-28(14-12-18)20-7-8-20;1-20(2)21(3,4)26-22(25-20)15-5-8-18-17(13-15)23-19(27-18)14-9-11-24(12-10-14)16-6-7-16;1-8-5-6-9(21-22(18,19)12(13,14)15)16(7-8)10(17)20-11(2,3)4;/h6,9-10,15,17-18,20H,5,7-8,11-14,16H2,1-4H3;5,8,13-14,16H,6-7,9-12H2,1-4H3;6,8H,5,7H2,1-4H3;1H4/t17-;;8-;/m0.0./s1. The molecule has 3 saturated heterocycles. The second-order valence-electron chi connectivity index (χ2n) is 26.2. The molecule has 5 aliphatic heterocycles. The first-order valence-electron chi connectivity index (χ1n) is 28.9. The molecule has 4 aromatic rings. The summed E-state index contributed by atoms with van der Waals surface area (Å²) in [6.45, 7) is 28.4. The average molecular weight is 1200 g/mol. The molecule has 2 aliphatic carbocycles. The molecule has 2 aromatic heterocycles. The van der Waals surface area contributed by atoms with E-state index in [-0.39, 0.29) is 50.7 Å². The van der Waals surface area contributed by atoms with Crippen molar-refractivity contribution < 1.29 is 54.1 Å². The molecule has 0 N–H and O–H groups in total. The van der Waals surface area contributed by atoms with Crippen LogP contribution >= 0.6 is 22.7 Å². The fourth-order valence-corrected chi connectivity index (χ4v) is 13.4. The number of piperidine rings is 2. The molecular formula is C60H86BF3N6O9S3. The zero-order valence-corrected chi connectivity index (χ0v) is 51.6. The molecule has 452 valence electrons. The molecule has 0 spiro atoms. The first-order valence-corrected chi connectivity index (χ1v) is 31.9. The maximum Gasteiger partial charge on any atom is 0.534 e. The lowest BCUT2D eigenvalue weighted by Gasteiger charge is -2.33. The number of carbonyl (C=O) groups excluding carboxylic acids is 2. The van der Waals surface area contributed by atoms with E-state index < -0.39 is 38.8 Å². The van der Waals surface area contributed by atoms with Crippen LogP contribution in [0.5, 0.6) is 0 Å². The summed E-state index contributed by atoms with van der Waals surface area (Å²) in [6, 6.07) is 14.7. The molecule has 22 heteroatoms. The predicted molar refractivity (Wildman–Crippen MR) is 320 cm³/mol. The van der Waals surface area contributed by atoms with E-state index in [1.54, 1.807) is 27.7 Å². The Morgan fingerprint density at radius 1 is 0.659 bits per heavy atom. The molecule has 2 amide bonds. The number of alkyl halides is 3. The minimum atomic E-state index is -5.84. The van der Waals surface area contributed by atoms with Crippen LogP contribution in [0, 0.1) is 11.8 Å². The molecule has 82 heavy (non-hydrogen) atoms. The highest BCUT2D eigenvalue weighted by atomic mass is 32.2. The molecule has 2 atom stereocenters. The Balaban J connectivity index is 0.000000163. The third-order valence-corrected chi connectivity index (χ3v) is 19.6. The Kier molecular flexibility index (Phi) is 19.1. The fraction of sp³-hybridized carbons (Fsp3) is 0.667. The summed E-state index contributed by atoms with van der Waals surface area (Å²) in [5.74, 6) is 0.858. The maximum absolute atomic E-state index is 12.9. The molecule has 0 unspecified atom stereocenters. The van der Waals surface area contributed by atoms with Gasteiger partial charge in [0.25, 0.3) is 0 Å². The van der Waals surface area contributed by atoms with E-state index in [2.05, 4.69) is 91.1 Å². The number of hydrogen-bond acceptors (Lipinski definition) is 15. The second kappa shape index (κ2) is 24.6. The molecule has 7 heterocycles. The molecule has 7 aliphatic rings. The van der Waals surface area contributed by atoms with Crippen LogP contribution in [0.4, 0.5) is 22.8 Å². The van der Waals surface area contributed by atoms with E-state index in [9.17, 15) is 31.2 Å². The molecule has 11 rings (SSSR count). The van der Waals surface area contributed by atoms with Gasteiger partial charge in [-0.2, -0.15) is 21.6 Å². The SMILES string of the molecule is C.CC1(C)OB(c2ccc3sc(C4CCN(C5CC5)CC4)nc3c2)OC1(C)C.C[C@H]1CC=C(OS(=O)(=O)C(F)(F)F)N(C(=O)OC(C)(C)C)C1.C[C@H]1CC=C(c2ccc3sc(C4CCN(C5CC5)CC4)nc3c2)N(C(=O)OC(C)(C)C)C1. The van der Waals surface area contributed by atoms with Crippen LogP contribution in [0.3, 0.4) is 0 Å². The van der Waals surface area contributed by atoms with Crippen molar-refractivity contribution in [2.75, 3.05) is 39.3 Å². The molecular weight excluding hydrogens is 1110 g/mol. The van der Waals surface area contributed by atoms with Crippen molar-refractivity contribution in [2.24, 2.45) is 11.8 Å². The van der Waals surface area contributed by atoms with Crippen molar-refractivity contribution in [1.29, 1.82) is 0 Å². The zero-order valence-electron chi connectivity index (χ0n) is 49.2. The van der Waals surface area contributed by atoms with Gasteiger partial charge < -0.3 is 32.8 Å². The summed E-state index contributed by atoms with van der Waals surface area (Å²) >= 11 is 3.71. The van der Waals surface area contributed by atoms with Crippen LogP contribution < -0.4 is 5.46 Å². The number of rotatable bonds is 8. The third kappa shape index (κ3) is 15.6. The van der Waals surface area contributed by atoms with E-state index in [4.69, 9.17) is 28.8 Å². The third-order valence-electron chi connectivity index (χ3n) is 16.2. The smallest absolute Gasteiger partial charge is 0.443 e. The Bertz CT molecular complexity index is 3070. The van der Waals surface area contributed by atoms with Crippen LogP contribution in [0.2, 0.25) is 0 Å². The number of aromatic nitrogens is 2. The first-order chi connectivity index (χ1) is 37.8. The fourth-order valence-electron chi connectivity index (χ4n) is 10.7. The monoisotopic (exact) mass is 1200 g/mol. The van der Waals surface area contributed by atoms with Crippen molar-refractivity contribution in [3.8, 4) is 0 Å². The lowest BCUT2D eigenvalue weighted by molar-refractivity contribution is -0.0546. The maximum atomic E-state index is 12.9. The largest absolute Gasteiger partial charge is 0.534 e. The Labute approximate surface area is 492 Å². The minimum absolute atomic E-state index is 0. The van der Waals surface area contributed by atoms with E-state index in [0.29, 0.717) is 24.3 Å². The number of carbonyl (C=O) groups is 2. The summed E-state index contributed by atoms with van der Waals surface area (Å²) in [5, 5.41) is 2.59. The van der Waals surface area contributed by atoms with Gasteiger partial charge >= 0.3 is 34.9 Å². The number of benzene rings is 2. The van der Waals surface area contributed by atoms with Gasteiger partial charge in [0.1, 0.15) is 11.2 Å². The summed E-state index contributed by atoms with van der Waals surface area (Å²) < 4.78 is 89.1. The Morgan fingerprint density at radius 2 is 1.10 bits per heavy atom. The van der Waals surface area contributed by atoms with Crippen molar-refractivity contribution >= 4 is 83.7 Å². The summed E-state index contributed by atoms with van der Waals surface area (Å²) in [4.78, 5) is 42.9. The Hall–Kier alpha value is -4.32. The summed E-state index contributed by atoms with van der Waals surface area (Å²) in [6.07, 6.45) is 13.9. The number of thiazole rings is 2. The van der Waals surface area contributed by atoms with Gasteiger partial charge in [-0.1, -0.05) is 39.5 Å². The number of halogens is 3. The number of nitrogens with zero attached hydrogens (tertiary/aromatic N) is 6. The highest BCUT2D eigenvalue weighted by Crippen LogP contribution is 2.42. The quantitative estimate of drug-likeness (QED) is 0.0935. The van der Waals surface area contributed by atoms with Crippen molar-refractivity contribution in [3.05, 3.63) is 70.0 Å². The zero-order chi connectivity index (χ0) is 58.6. The summed E-state index contributed by atoms with van der Waals surface area (Å²) in [5.41, 5.74) is -2.37. The van der Waals surface area contributed by atoms with Gasteiger partial charge in [-0.15, -0.1) is 22.7 Å². The highest BCUT2D eigenvalue weighted by molar-refractivity contribution is 7.87. The van der Waals surface area contributed by atoms with E-state index in [1.807, 2.05) is 48.3 Å². The lowest BCUT2D eigenvalue weighted by atomic mass is 9.79. The number of ether oxygens (including phenoxy) is 2. The molecule has 0 bridgehead atoms. The van der Waals surface area contributed by atoms with Gasteiger partial charge in [0.15, 0.2) is 0 Å². The van der Waals surface area contributed by atoms with Crippen LogP contribution in [0.15, 0.2) is 54.4 Å². The second-order valence-corrected chi connectivity index (χ2v) is 29.8. The van der Waals surface area contributed by atoms with E-state index in [0.717, 1.165) is 57.2 Å².